The summed E-state index contributed by atoms with van der Waals surface area (Å²) in [5.74, 6) is -1.43. The van der Waals surface area contributed by atoms with E-state index in [1.54, 1.807) is 24.3 Å². The van der Waals surface area contributed by atoms with Crippen LogP contribution in [0.25, 0.3) is 0 Å². The van der Waals surface area contributed by atoms with Gasteiger partial charge in [0.15, 0.2) is 5.41 Å². The van der Waals surface area contributed by atoms with Gasteiger partial charge in [-0.05, 0) is 30.5 Å². The van der Waals surface area contributed by atoms with Gasteiger partial charge in [-0.3, -0.25) is 5.41 Å². The van der Waals surface area contributed by atoms with Crippen molar-refractivity contribution in [3.05, 3.63) is 29.8 Å². The molecule has 136 valence electrons. The molecule has 7 heteroatoms. The zero-order valence-corrected chi connectivity index (χ0v) is 14.9. The van der Waals surface area contributed by atoms with Gasteiger partial charge in [-0.1, -0.05) is 18.6 Å². The standard InChI is InChI=1S/C20H18N4O3/c1-25-14-6-4-5-13(9-14)16-18(10-21,11-22)19(12-23)15-7-2-3-8-20(15,26-16)27-17(19)24/h4-6,9,15-16,24H,2-3,7-8H2,1H3/t15-,16-,19+,20-/m1/s1. The largest absolute Gasteiger partial charge is 0.497 e. The van der Waals surface area contributed by atoms with Crippen LogP contribution in [0.3, 0.4) is 0 Å². The molecule has 0 aromatic heterocycles. The number of rotatable bonds is 2. The van der Waals surface area contributed by atoms with E-state index in [0.29, 0.717) is 24.2 Å². The highest BCUT2D eigenvalue weighted by Gasteiger charge is 2.80. The minimum absolute atomic E-state index is 0.328. The van der Waals surface area contributed by atoms with Gasteiger partial charge in [-0.25, -0.2) is 0 Å². The molecule has 2 aliphatic heterocycles. The van der Waals surface area contributed by atoms with Gasteiger partial charge in [0.25, 0.3) is 0 Å². The Kier molecular flexibility index (Phi) is 3.67. The van der Waals surface area contributed by atoms with Crippen molar-refractivity contribution < 1.29 is 14.2 Å². The zero-order chi connectivity index (χ0) is 19.3. The van der Waals surface area contributed by atoms with Crippen molar-refractivity contribution in [1.29, 1.82) is 21.2 Å². The van der Waals surface area contributed by atoms with E-state index in [9.17, 15) is 15.8 Å². The third-order valence-corrected chi connectivity index (χ3v) is 6.21. The lowest BCUT2D eigenvalue weighted by Crippen LogP contribution is -2.60. The number of nitriles is 3. The molecule has 2 heterocycles. The first-order chi connectivity index (χ1) is 13.0. The average molecular weight is 362 g/mol. The number of hydrogen-bond donors (Lipinski definition) is 1. The first kappa shape index (κ1) is 17.3. The number of ether oxygens (including phenoxy) is 3. The maximum Gasteiger partial charge on any atom is 0.217 e. The molecule has 4 atom stereocenters. The number of benzene rings is 1. The van der Waals surface area contributed by atoms with E-state index in [1.165, 1.54) is 7.11 Å². The Morgan fingerprint density at radius 2 is 1.96 bits per heavy atom. The van der Waals surface area contributed by atoms with Crippen molar-refractivity contribution in [1.82, 2.24) is 0 Å². The summed E-state index contributed by atoms with van der Waals surface area (Å²) >= 11 is 0. The van der Waals surface area contributed by atoms with Crippen molar-refractivity contribution in [2.45, 2.75) is 37.6 Å². The molecule has 1 aromatic rings. The second kappa shape index (κ2) is 5.71. The quantitative estimate of drug-likeness (QED) is 0.861. The molecule has 7 nitrogen and oxygen atoms in total. The monoisotopic (exact) mass is 362 g/mol. The summed E-state index contributed by atoms with van der Waals surface area (Å²) in [6.07, 6.45) is 1.75. The summed E-state index contributed by atoms with van der Waals surface area (Å²) in [7, 11) is 1.53. The Balaban J connectivity index is 1.99. The van der Waals surface area contributed by atoms with Crippen LogP contribution in [0.4, 0.5) is 0 Å². The maximum atomic E-state index is 10.2. The normalized spacial score (nSPS) is 35.7. The van der Waals surface area contributed by atoms with Gasteiger partial charge in [0.2, 0.25) is 17.1 Å². The molecule has 3 fully saturated rings. The Morgan fingerprint density at radius 1 is 1.19 bits per heavy atom. The van der Waals surface area contributed by atoms with Crippen molar-refractivity contribution in [3.63, 3.8) is 0 Å². The van der Waals surface area contributed by atoms with Gasteiger partial charge in [0.05, 0.1) is 31.2 Å². The molecule has 1 N–H and O–H groups in total. The van der Waals surface area contributed by atoms with Crippen LogP contribution < -0.4 is 4.74 Å². The minimum Gasteiger partial charge on any atom is -0.497 e. The van der Waals surface area contributed by atoms with E-state index in [1.807, 2.05) is 0 Å². The lowest BCUT2D eigenvalue weighted by atomic mass is 9.51. The second-order valence-electron chi connectivity index (χ2n) is 7.27. The molecular formula is C20H18N4O3. The SMILES string of the molecule is COc1cccc([C@H]2O[C@@]34CCCC[C@@H]3[C@@](C#N)(C(=N)O4)C2(C#N)C#N)c1. The zero-order valence-electron chi connectivity index (χ0n) is 14.9. The topological polar surface area (TPSA) is 123 Å². The molecule has 0 amide bonds. The molecule has 0 radical (unpaired) electrons. The van der Waals surface area contributed by atoms with Crippen LogP contribution in [0.5, 0.6) is 5.75 Å². The summed E-state index contributed by atoms with van der Waals surface area (Å²) in [4.78, 5) is 0. The molecule has 3 aliphatic rings. The van der Waals surface area contributed by atoms with Crippen molar-refractivity contribution in [2.75, 3.05) is 7.11 Å². The minimum atomic E-state index is -1.90. The smallest absolute Gasteiger partial charge is 0.217 e. The summed E-state index contributed by atoms with van der Waals surface area (Å²) in [5, 5.41) is 38.9. The second-order valence-corrected chi connectivity index (χ2v) is 7.27. The van der Waals surface area contributed by atoms with Crippen LogP contribution in [0.2, 0.25) is 0 Å². The highest BCUT2D eigenvalue weighted by molar-refractivity contribution is 5.89. The lowest BCUT2D eigenvalue weighted by molar-refractivity contribution is -0.294. The van der Waals surface area contributed by atoms with Crippen LogP contribution in [0, 0.1) is 56.2 Å². The molecule has 2 bridgehead atoms. The van der Waals surface area contributed by atoms with Crippen LogP contribution >= 0.6 is 0 Å². The predicted molar refractivity (Wildman–Crippen MR) is 92.0 cm³/mol. The van der Waals surface area contributed by atoms with Crippen molar-refractivity contribution >= 4 is 5.90 Å². The van der Waals surface area contributed by atoms with E-state index in [4.69, 9.17) is 19.6 Å². The number of hydrogen-bond acceptors (Lipinski definition) is 7. The molecule has 1 aromatic carbocycles. The number of methoxy groups -OCH3 is 1. The van der Waals surface area contributed by atoms with E-state index >= 15 is 0 Å². The molecule has 2 saturated heterocycles. The van der Waals surface area contributed by atoms with Crippen LogP contribution in [-0.4, -0.2) is 18.8 Å². The van der Waals surface area contributed by atoms with Gasteiger partial charge < -0.3 is 14.2 Å². The van der Waals surface area contributed by atoms with Crippen LogP contribution in [0.1, 0.15) is 37.4 Å². The number of nitrogens with one attached hydrogen (secondary N) is 1. The molecule has 27 heavy (non-hydrogen) atoms. The van der Waals surface area contributed by atoms with Gasteiger partial charge in [-0.15, -0.1) is 0 Å². The first-order valence-electron chi connectivity index (χ1n) is 8.87. The van der Waals surface area contributed by atoms with Gasteiger partial charge in [-0.2, -0.15) is 15.8 Å². The van der Waals surface area contributed by atoms with Gasteiger partial charge in [0.1, 0.15) is 11.9 Å². The molecule has 1 saturated carbocycles. The Bertz CT molecular complexity index is 926. The third kappa shape index (κ3) is 1.89. The fourth-order valence-corrected chi connectivity index (χ4v) is 4.97. The van der Waals surface area contributed by atoms with Crippen molar-refractivity contribution in [3.8, 4) is 24.0 Å². The van der Waals surface area contributed by atoms with E-state index in [0.717, 1.165) is 12.8 Å². The third-order valence-electron chi connectivity index (χ3n) is 6.21. The van der Waals surface area contributed by atoms with E-state index in [2.05, 4.69) is 18.2 Å². The molecule has 0 unspecified atom stereocenters. The average Bonchev–Trinajstić information content (AvgIpc) is 2.92. The van der Waals surface area contributed by atoms with Gasteiger partial charge >= 0.3 is 0 Å². The highest BCUT2D eigenvalue weighted by atomic mass is 16.7. The summed E-state index contributed by atoms with van der Waals surface area (Å²) in [6.45, 7) is 0. The van der Waals surface area contributed by atoms with Crippen LogP contribution in [-0.2, 0) is 9.47 Å². The molecular weight excluding hydrogens is 344 g/mol. The molecule has 4 rings (SSSR count). The molecule has 1 aliphatic carbocycles. The molecule has 0 spiro atoms. The predicted octanol–water partition coefficient (Wildman–Crippen LogP) is 3.20. The summed E-state index contributed by atoms with van der Waals surface area (Å²) in [6, 6.07) is 13.2. The van der Waals surface area contributed by atoms with E-state index in [-0.39, 0.29) is 5.90 Å². The Labute approximate surface area is 157 Å². The fraction of sp³-hybridized carbons (Fsp3) is 0.500. The maximum absolute atomic E-state index is 10.2. The number of nitrogens with zero attached hydrogens (tertiary/aromatic N) is 3. The van der Waals surface area contributed by atoms with Crippen molar-refractivity contribution in [2.24, 2.45) is 16.7 Å². The Morgan fingerprint density at radius 3 is 2.63 bits per heavy atom. The summed E-state index contributed by atoms with van der Waals surface area (Å²) in [5.41, 5.74) is -3.00. The first-order valence-corrected chi connectivity index (χ1v) is 8.87. The fourth-order valence-electron chi connectivity index (χ4n) is 4.97. The van der Waals surface area contributed by atoms with Crippen LogP contribution in [0.15, 0.2) is 24.3 Å². The van der Waals surface area contributed by atoms with E-state index < -0.39 is 28.6 Å². The summed E-state index contributed by atoms with van der Waals surface area (Å²) < 4.78 is 17.4. The highest BCUT2D eigenvalue weighted by Crippen LogP contribution is 2.69. The lowest BCUT2D eigenvalue weighted by Gasteiger charge is -2.51. The Hall–Kier alpha value is -3.08. The van der Waals surface area contributed by atoms with Gasteiger partial charge in [0, 0.05) is 6.42 Å².